The minimum absolute atomic E-state index is 0.0602. The van der Waals surface area contributed by atoms with Crippen molar-refractivity contribution in [1.29, 1.82) is 0 Å². The zero-order valence-corrected chi connectivity index (χ0v) is 9.08. The van der Waals surface area contributed by atoms with Gasteiger partial charge in [0.15, 0.2) is 6.29 Å². The zero-order valence-electron chi connectivity index (χ0n) is 9.08. The molecule has 0 aliphatic carbocycles. The Morgan fingerprint density at radius 1 is 1.08 bits per heavy atom. The van der Waals surface area contributed by atoms with E-state index in [0.29, 0.717) is 0 Å². The van der Waals surface area contributed by atoms with Crippen molar-refractivity contribution in [3.8, 4) is 0 Å². The van der Waals surface area contributed by atoms with Crippen LogP contribution in [0.3, 0.4) is 0 Å². The van der Waals surface area contributed by atoms with Crippen molar-refractivity contribution in [3.05, 3.63) is 12.2 Å². The number of hydrogen-bond donors (Lipinski definition) is 0. The highest BCUT2D eigenvalue weighted by atomic mass is 16.7. The molecule has 0 aromatic heterocycles. The Hall–Kier alpha value is -0.340. The number of allylic oxidation sites excluding steroid dienone is 1. The predicted molar refractivity (Wildman–Crippen MR) is 55.7 cm³/mol. The van der Waals surface area contributed by atoms with Gasteiger partial charge in [-0.1, -0.05) is 26.0 Å². The lowest BCUT2D eigenvalue weighted by molar-refractivity contribution is -0.129. The van der Waals surface area contributed by atoms with Gasteiger partial charge in [0.25, 0.3) is 0 Å². The summed E-state index contributed by atoms with van der Waals surface area (Å²) in [5.41, 5.74) is 0. The maximum Gasteiger partial charge on any atom is 0.154 e. The van der Waals surface area contributed by atoms with Gasteiger partial charge in [0.2, 0.25) is 0 Å². The lowest BCUT2D eigenvalue weighted by atomic mass is 10.3. The molecule has 0 rings (SSSR count). The molecule has 0 aromatic rings. The first-order chi connectivity index (χ1) is 6.31. The standard InChI is InChI=1S/C11H22O2/c1-4-6-7-8-10-13-11(3)12-9-5-2/h6-7,11H,4-5,8-10H2,1-3H3/b7-6-. The Morgan fingerprint density at radius 2 is 1.77 bits per heavy atom. The van der Waals surface area contributed by atoms with E-state index in [4.69, 9.17) is 9.47 Å². The van der Waals surface area contributed by atoms with Crippen molar-refractivity contribution in [1.82, 2.24) is 0 Å². The SMILES string of the molecule is CC/C=C\CCOC(C)OCCC. The Morgan fingerprint density at radius 3 is 2.38 bits per heavy atom. The molecule has 0 aliphatic heterocycles. The largest absolute Gasteiger partial charge is 0.353 e. The summed E-state index contributed by atoms with van der Waals surface area (Å²) in [5.74, 6) is 0. The first-order valence-corrected chi connectivity index (χ1v) is 5.19. The molecule has 0 saturated heterocycles. The summed E-state index contributed by atoms with van der Waals surface area (Å²) < 4.78 is 10.8. The quantitative estimate of drug-likeness (QED) is 0.329. The molecule has 78 valence electrons. The normalized spacial score (nSPS) is 13.8. The van der Waals surface area contributed by atoms with Crippen LogP contribution in [0.25, 0.3) is 0 Å². The fourth-order valence-corrected chi connectivity index (χ4v) is 0.918. The molecule has 13 heavy (non-hydrogen) atoms. The fraction of sp³-hybridized carbons (Fsp3) is 0.818. The molecule has 0 heterocycles. The molecular formula is C11H22O2. The van der Waals surface area contributed by atoms with Crippen LogP contribution in [0.5, 0.6) is 0 Å². The molecular weight excluding hydrogens is 164 g/mol. The Bertz CT molecular complexity index is 121. The minimum Gasteiger partial charge on any atom is -0.353 e. The first-order valence-electron chi connectivity index (χ1n) is 5.19. The molecule has 1 unspecified atom stereocenters. The third-order valence-corrected chi connectivity index (χ3v) is 1.60. The second-order valence-electron chi connectivity index (χ2n) is 2.98. The third kappa shape index (κ3) is 9.57. The van der Waals surface area contributed by atoms with Crippen LogP contribution in [0.1, 0.15) is 40.0 Å². The van der Waals surface area contributed by atoms with E-state index >= 15 is 0 Å². The summed E-state index contributed by atoms with van der Waals surface area (Å²) in [5, 5.41) is 0. The van der Waals surface area contributed by atoms with Gasteiger partial charge >= 0.3 is 0 Å². The lowest BCUT2D eigenvalue weighted by Gasteiger charge is -2.12. The summed E-state index contributed by atoms with van der Waals surface area (Å²) in [7, 11) is 0. The summed E-state index contributed by atoms with van der Waals surface area (Å²) >= 11 is 0. The second-order valence-corrected chi connectivity index (χ2v) is 2.98. The Balaban J connectivity index is 3.16. The summed E-state index contributed by atoms with van der Waals surface area (Å²) in [6.07, 6.45) is 7.36. The predicted octanol–water partition coefficient (Wildman–Crippen LogP) is 3.13. The van der Waals surface area contributed by atoms with Crippen molar-refractivity contribution in [2.75, 3.05) is 13.2 Å². The summed E-state index contributed by atoms with van der Waals surface area (Å²) in [4.78, 5) is 0. The van der Waals surface area contributed by atoms with Crippen LogP contribution < -0.4 is 0 Å². The average molecular weight is 186 g/mol. The van der Waals surface area contributed by atoms with E-state index in [9.17, 15) is 0 Å². The van der Waals surface area contributed by atoms with Crippen molar-refractivity contribution in [3.63, 3.8) is 0 Å². The smallest absolute Gasteiger partial charge is 0.154 e. The van der Waals surface area contributed by atoms with Crippen LogP contribution in [-0.2, 0) is 9.47 Å². The summed E-state index contributed by atoms with van der Waals surface area (Å²) in [6, 6.07) is 0. The molecule has 1 atom stereocenters. The third-order valence-electron chi connectivity index (χ3n) is 1.60. The van der Waals surface area contributed by atoms with Crippen molar-refractivity contribution < 1.29 is 9.47 Å². The van der Waals surface area contributed by atoms with E-state index in [0.717, 1.165) is 32.5 Å². The maximum absolute atomic E-state index is 5.42. The maximum atomic E-state index is 5.42. The molecule has 0 bridgehead atoms. The van der Waals surface area contributed by atoms with Crippen LogP contribution in [0.2, 0.25) is 0 Å². The first kappa shape index (κ1) is 12.7. The molecule has 0 spiro atoms. The molecule has 2 nitrogen and oxygen atoms in total. The van der Waals surface area contributed by atoms with E-state index in [-0.39, 0.29) is 6.29 Å². The number of rotatable bonds is 8. The van der Waals surface area contributed by atoms with E-state index in [1.165, 1.54) is 0 Å². The van der Waals surface area contributed by atoms with Gasteiger partial charge < -0.3 is 9.47 Å². The molecule has 0 aromatic carbocycles. The van der Waals surface area contributed by atoms with Gasteiger partial charge in [-0.25, -0.2) is 0 Å². The van der Waals surface area contributed by atoms with Crippen LogP contribution >= 0.6 is 0 Å². The van der Waals surface area contributed by atoms with Gasteiger partial charge in [0.1, 0.15) is 0 Å². The van der Waals surface area contributed by atoms with E-state index in [2.05, 4.69) is 26.0 Å². The van der Waals surface area contributed by atoms with Gasteiger partial charge in [0.05, 0.1) is 6.61 Å². The highest BCUT2D eigenvalue weighted by molar-refractivity contribution is 4.79. The van der Waals surface area contributed by atoms with Crippen molar-refractivity contribution >= 4 is 0 Å². The number of ether oxygens (including phenoxy) is 2. The van der Waals surface area contributed by atoms with Crippen LogP contribution in [0, 0.1) is 0 Å². The van der Waals surface area contributed by atoms with Crippen molar-refractivity contribution in [2.24, 2.45) is 0 Å². The molecule has 0 aliphatic rings. The fourth-order valence-electron chi connectivity index (χ4n) is 0.918. The molecule has 0 saturated carbocycles. The van der Waals surface area contributed by atoms with Crippen LogP contribution in [0.15, 0.2) is 12.2 Å². The van der Waals surface area contributed by atoms with Crippen molar-refractivity contribution in [2.45, 2.75) is 46.3 Å². The Kier molecular flexibility index (Phi) is 9.49. The molecule has 0 N–H and O–H groups in total. The highest BCUT2D eigenvalue weighted by Crippen LogP contribution is 1.96. The topological polar surface area (TPSA) is 18.5 Å². The van der Waals surface area contributed by atoms with Crippen LogP contribution in [-0.4, -0.2) is 19.5 Å². The van der Waals surface area contributed by atoms with Crippen LogP contribution in [0.4, 0.5) is 0 Å². The second kappa shape index (κ2) is 9.75. The minimum atomic E-state index is -0.0602. The average Bonchev–Trinajstić information content (AvgIpc) is 2.14. The molecule has 0 radical (unpaired) electrons. The van der Waals surface area contributed by atoms with Gasteiger partial charge in [-0.3, -0.25) is 0 Å². The van der Waals surface area contributed by atoms with E-state index in [1.807, 2.05) is 6.92 Å². The molecule has 0 amide bonds. The van der Waals surface area contributed by atoms with Gasteiger partial charge in [-0.2, -0.15) is 0 Å². The highest BCUT2D eigenvalue weighted by Gasteiger charge is 1.98. The van der Waals surface area contributed by atoms with Gasteiger partial charge in [0, 0.05) is 6.61 Å². The molecule has 2 heteroatoms. The summed E-state index contributed by atoms with van der Waals surface area (Å²) in [6.45, 7) is 7.70. The lowest BCUT2D eigenvalue weighted by Crippen LogP contribution is -2.13. The van der Waals surface area contributed by atoms with Gasteiger partial charge in [-0.05, 0) is 26.2 Å². The zero-order chi connectivity index (χ0) is 9.94. The molecule has 0 fully saturated rings. The number of hydrogen-bond acceptors (Lipinski definition) is 2. The Labute approximate surface area is 81.9 Å². The monoisotopic (exact) mass is 186 g/mol. The van der Waals surface area contributed by atoms with Gasteiger partial charge in [-0.15, -0.1) is 0 Å². The van der Waals surface area contributed by atoms with E-state index in [1.54, 1.807) is 0 Å². The van der Waals surface area contributed by atoms with E-state index < -0.39 is 0 Å².